The van der Waals surface area contributed by atoms with Gasteiger partial charge in [0.05, 0.1) is 29.6 Å². The van der Waals surface area contributed by atoms with Gasteiger partial charge in [0.15, 0.2) is 0 Å². The fourth-order valence-corrected chi connectivity index (χ4v) is 7.10. The molecule has 6 aliphatic carbocycles. The minimum absolute atomic E-state index is 0.0199. The van der Waals surface area contributed by atoms with E-state index in [4.69, 9.17) is 11.6 Å². The Balaban J connectivity index is 1.70. The summed E-state index contributed by atoms with van der Waals surface area (Å²) < 4.78 is 0. The van der Waals surface area contributed by atoms with E-state index in [0.29, 0.717) is 0 Å². The van der Waals surface area contributed by atoms with E-state index in [0.717, 1.165) is 0 Å². The third-order valence-electron chi connectivity index (χ3n) is 6.18. The second kappa shape index (κ2) is 1.32. The third-order valence-corrected chi connectivity index (χ3v) is 6.95. The lowest BCUT2D eigenvalue weighted by molar-refractivity contribution is -0.857. The van der Waals surface area contributed by atoms with Crippen molar-refractivity contribution in [2.45, 2.75) is 16.0 Å². The highest BCUT2D eigenvalue weighted by Crippen LogP contribution is 3.07. The molecule has 0 radical (unpaired) electrons. The summed E-state index contributed by atoms with van der Waals surface area (Å²) in [4.78, 5) is 20.7. The van der Waals surface area contributed by atoms with Crippen LogP contribution in [0.5, 0.6) is 0 Å². The molecule has 0 N–H and O–H groups in total. The molecule has 0 spiro atoms. The van der Waals surface area contributed by atoms with Crippen LogP contribution in [-0.2, 0) is 0 Å². The molecule has 6 rings (SSSR count). The van der Waals surface area contributed by atoms with Gasteiger partial charge in [-0.1, -0.05) is 0 Å². The van der Waals surface area contributed by atoms with Gasteiger partial charge in [0.25, 0.3) is 0 Å². The maximum atomic E-state index is 11.0. The maximum Gasteiger partial charge on any atom is 0.250 e. The Labute approximate surface area is 87.9 Å². The standard InChI is InChI=1S/C8H5ClN2O4/c9-7-4-2-1-3(8(2,7)11(14)15)5(7)6(1,4)10(12)13/h1-5H. The van der Waals surface area contributed by atoms with Gasteiger partial charge in [0.2, 0.25) is 11.1 Å². The monoisotopic (exact) mass is 228 g/mol. The fraction of sp³-hybridized carbons (Fsp3) is 1.00. The summed E-state index contributed by atoms with van der Waals surface area (Å²) in [6, 6.07) is 0. The van der Waals surface area contributed by atoms with Gasteiger partial charge in [-0.25, -0.2) is 0 Å². The zero-order valence-corrected chi connectivity index (χ0v) is 8.05. The molecule has 0 aromatic rings. The molecule has 4 unspecified atom stereocenters. The van der Waals surface area contributed by atoms with Crippen molar-refractivity contribution in [1.29, 1.82) is 0 Å². The van der Waals surface area contributed by atoms with E-state index in [9.17, 15) is 20.2 Å². The summed E-state index contributed by atoms with van der Waals surface area (Å²) in [5, 5.41) is 22.0. The molecule has 6 saturated carbocycles. The Kier molecular flexibility index (Phi) is 0.649. The lowest BCUT2D eigenvalue weighted by Crippen LogP contribution is -3.23. The zero-order valence-electron chi connectivity index (χ0n) is 7.29. The highest BCUT2D eigenvalue weighted by Gasteiger charge is 3.26. The predicted octanol–water partition coefficient (Wildman–Crippen LogP) is 0.144. The van der Waals surface area contributed by atoms with Crippen molar-refractivity contribution in [2.24, 2.45) is 29.6 Å². The van der Waals surface area contributed by atoms with E-state index >= 15 is 0 Å². The summed E-state index contributed by atoms with van der Waals surface area (Å²) in [6.45, 7) is 0. The quantitative estimate of drug-likeness (QED) is 0.382. The average molecular weight is 229 g/mol. The number of hydrogen-bond donors (Lipinski definition) is 0. The van der Waals surface area contributed by atoms with Crippen LogP contribution in [0.4, 0.5) is 0 Å². The Morgan fingerprint density at radius 2 is 1.53 bits per heavy atom. The number of nitro groups is 2. The van der Waals surface area contributed by atoms with Gasteiger partial charge < -0.3 is 0 Å². The normalized spacial score (nSPS) is 77.5. The van der Waals surface area contributed by atoms with Crippen LogP contribution in [0.3, 0.4) is 0 Å². The second-order valence-electron chi connectivity index (χ2n) is 5.53. The van der Waals surface area contributed by atoms with Gasteiger partial charge in [0.1, 0.15) is 4.87 Å². The van der Waals surface area contributed by atoms with Crippen molar-refractivity contribution in [3.05, 3.63) is 20.2 Å². The number of halogens is 1. The first-order chi connectivity index (χ1) is 6.99. The van der Waals surface area contributed by atoms with Crippen molar-refractivity contribution in [3.63, 3.8) is 0 Å². The molecule has 6 nitrogen and oxygen atoms in total. The molecular weight excluding hydrogens is 224 g/mol. The highest BCUT2D eigenvalue weighted by atomic mass is 35.5. The summed E-state index contributed by atoms with van der Waals surface area (Å²) in [7, 11) is 0. The largest absolute Gasteiger partial charge is 0.264 e. The number of alkyl halides is 1. The van der Waals surface area contributed by atoms with Crippen molar-refractivity contribution >= 4 is 11.6 Å². The lowest BCUT2D eigenvalue weighted by Gasteiger charge is -3.03. The van der Waals surface area contributed by atoms with Gasteiger partial charge in [-0.3, -0.25) is 20.2 Å². The van der Waals surface area contributed by atoms with Gasteiger partial charge in [-0.2, -0.15) is 0 Å². The smallest absolute Gasteiger partial charge is 0.250 e. The van der Waals surface area contributed by atoms with Crippen LogP contribution in [0.1, 0.15) is 0 Å². The minimum Gasteiger partial charge on any atom is -0.264 e. The van der Waals surface area contributed by atoms with E-state index in [2.05, 4.69) is 0 Å². The fourth-order valence-electron chi connectivity index (χ4n) is 6.16. The van der Waals surface area contributed by atoms with Crippen molar-refractivity contribution in [2.75, 3.05) is 0 Å². The first kappa shape index (κ1) is 7.38. The Hall–Kier alpha value is -0.910. The summed E-state index contributed by atoms with van der Waals surface area (Å²) in [5.74, 6) is -0.580. The third kappa shape index (κ3) is 0.264. The molecule has 4 atom stereocenters. The molecule has 0 heterocycles. The van der Waals surface area contributed by atoms with Crippen LogP contribution in [0.2, 0.25) is 0 Å². The maximum absolute atomic E-state index is 11.0. The molecule has 15 heavy (non-hydrogen) atoms. The van der Waals surface area contributed by atoms with Crippen molar-refractivity contribution in [1.82, 2.24) is 0 Å². The predicted molar refractivity (Wildman–Crippen MR) is 45.5 cm³/mol. The average Bonchev–Trinajstić information content (AvgIpc) is 2.15. The first-order valence-corrected chi connectivity index (χ1v) is 5.35. The zero-order chi connectivity index (χ0) is 10.5. The molecule has 0 aromatic carbocycles. The molecule has 0 saturated heterocycles. The number of rotatable bonds is 2. The molecule has 0 amide bonds. The molecule has 0 bridgehead atoms. The topological polar surface area (TPSA) is 86.3 Å². The van der Waals surface area contributed by atoms with Crippen molar-refractivity contribution in [3.8, 4) is 0 Å². The van der Waals surface area contributed by atoms with Crippen LogP contribution in [0.15, 0.2) is 0 Å². The summed E-state index contributed by atoms with van der Waals surface area (Å²) in [6.07, 6.45) is 0. The number of nitrogens with zero attached hydrogens (tertiary/aromatic N) is 2. The molecule has 78 valence electrons. The van der Waals surface area contributed by atoms with Crippen molar-refractivity contribution < 1.29 is 9.85 Å². The van der Waals surface area contributed by atoms with E-state index in [-0.39, 0.29) is 39.4 Å². The summed E-state index contributed by atoms with van der Waals surface area (Å²) in [5.41, 5.74) is -1.78. The second-order valence-corrected chi connectivity index (χ2v) is 6.15. The lowest BCUT2D eigenvalue weighted by atomic mass is 8.95. The van der Waals surface area contributed by atoms with Gasteiger partial charge in [-0.15, -0.1) is 11.6 Å². The molecule has 7 heteroatoms. The van der Waals surface area contributed by atoms with E-state index in [1.807, 2.05) is 0 Å². The van der Waals surface area contributed by atoms with Crippen LogP contribution < -0.4 is 0 Å². The first-order valence-electron chi connectivity index (χ1n) is 4.97. The molecule has 6 aliphatic rings. The van der Waals surface area contributed by atoms with Crippen LogP contribution >= 0.6 is 11.6 Å². The minimum atomic E-state index is -0.952. The van der Waals surface area contributed by atoms with E-state index < -0.39 is 16.0 Å². The molecule has 0 aromatic heterocycles. The van der Waals surface area contributed by atoms with Crippen LogP contribution in [0, 0.1) is 49.8 Å². The van der Waals surface area contributed by atoms with Gasteiger partial charge in [-0.05, 0) is 0 Å². The van der Waals surface area contributed by atoms with Crippen LogP contribution in [0.25, 0.3) is 0 Å². The molecule has 0 aliphatic heterocycles. The Morgan fingerprint density at radius 1 is 1.00 bits per heavy atom. The van der Waals surface area contributed by atoms with Gasteiger partial charge in [0, 0.05) is 9.85 Å². The Morgan fingerprint density at radius 3 is 1.87 bits per heavy atom. The SMILES string of the molecule is O=[N+]([O-])C12C3C4C1C1(Cl)C2C3C41[N+](=O)[O-]. The molecular formula is C8H5ClN2O4. The Bertz CT molecular complexity index is 485. The summed E-state index contributed by atoms with van der Waals surface area (Å²) >= 11 is 6.22. The van der Waals surface area contributed by atoms with E-state index in [1.165, 1.54) is 0 Å². The van der Waals surface area contributed by atoms with E-state index in [1.54, 1.807) is 0 Å². The highest BCUT2D eigenvalue weighted by molar-refractivity contribution is 6.30. The van der Waals surface area contributed by atoms with Gasteiger partial charge >= 0.3 is 0 Å². The number of hydrogen-bond acceptors (Lipinski definition) is 4. The molecule has 6 fully saturated rings. The van der Waals surface area contributed by atoms with Crippen LogP contribution in [-0.4, -0.2) is 25.8 Å².